The summed E-state index contributed by atoms with van der Waals surface area (Å²) in [6.07, 6.45) is 0. The molecule has 11 rings (SSSR count). The maximum absolute atomic E-state index is 6.38. The van der Waals surface area contributed by atoms with Gasteiger partial charge in [0.1, 0.15) is 11.2 Å². The lowest BCUT2D eigenvalue weighted by Gasteiger charge is -2.26. The minimum atomic E-state index is 0.872. The second kappa shape index (κ2) is 13.2. The Hall–Kier alpha value is -7.42. The van der Waals surface area contributed by atoms with Crippen LogP contribution >= 0.6 is 0 Å². The first kappa shape index (κ1) is 32.0. The van der Waals surface area contributed by atoms with Crippen molar-refractivity contribution in [2.75, 3.05) is 4.90 Å². The number of fused-ring (bicyclic) bond motifs is 7. The first-order valence-corrected chi connectivity index (χ1v) is 19.2. The predicted molar refractivity (Wildman–Crippen MR) is 237 cm³/mol. The van der Waals surface area contributed by atoms with Gasteiger partial charge in [0.05, 0.1) is 0 Å². The van der Waals surface area contributed by atoms with Gasteiger partial charge < -0.3 is 9.32 Å². The minimum Gasteiger partial charge on any atom is -0.456 e. The second-order valence-corrected chi connectivity index (χ2v) is 14.5. The fraction of sp³-hybridized carbons (Fsp3) is 0. The molecule has 0 spiro atoms. The van der Waals surface area contributed by atoms with Crippen LogP contribution in [0.2, 0.25) is 0 Å². The van der Waals surface area contributed by atoms with E-state index in [0.29, 0.717) is 0 Å². The molecule has 2 heteroatoms. The molecular weight excluding hydrogens is 679 g/mol. The predicted octanol–water partition coefficient (Wildman–Crippen LogP) is 15.5. The van der Waals surface area contributed by atoms with E-state index in [1.54, 1.807) is 0 Å². The van der Waals surface area contributed by atoms with Gasteiger partial charge >= 0.3 is 0 Å². The average Bonchev–Trinajstić information content (AvgIpc) is 3.65. The molecule has 0 saturated carbocycles. The Labute approximate surface area is 325 Å². The molecule has 0 aliphatic carbocycles. The standard InChI is InChI=1S/C54H35NO/c1-2-9-36(10-3-1)42-21-19-40-17-18-41-20-22-43(34-52(41)51(40)33-42)37-23-27-44(28-24-37)55(46-31-32-50-49-14-6-7-16-53(49)56-54(50)35-46)45-29-25-39(26-30-45)48-15-8-12-38-11-4-5-13-47(38)48/h1-35H. The summed E-state index contributed by atoms with van der Waals surface area (Å²) in [7, 11) is 0. The largest absolute Gasteiger partial charge is 0.456 e. The minimum absolute atomic E-state index is 0.872. The lowest BCUT2D eigenvalue weighted by Crippen LogP contribution is -2.09. The first-order chi connectivity index (χ1) is 27.7. The van der Waals surface area contributed by atoms with Gasteiger partial charge in [0.15, 0.2) is 0 Å². The van der Waals surface area contributed by atoms with Gasteiger partial charge in [-0.25, -0.2) is 0 Å². The van der Waals surface area contributed by atoms with Crippen LogP contribution in [0.1, 0.15) is 0 Å². The molecule has 0 aliphatic heterocycles. The van der Waals surface area contributed by atoms with Crippen LogP contribution in [0, 0.1) is 0 Å². The van der Waals surface area contributed by atoms with E-state index in [1.165, 1.54) is 65.7 Å². The van der Waals surface area contributed by atoms with Crippen LogP contribution < -0.4 is 4.90 Å². The van der Waals surface area contributed by atoms with Crippen molar-refractivity contribution in [1.82, 2.24) is 0 Å². The van der Waals surface area contributed by atoms with Gasteiger partial charge in [-0.2, -0.15) is 0 Å². The number of rotatable bonds is 6. The maximum Gasteiger partial charge on any atom is 0.137 e. The van der Waals surface area contributed by atoms with Crippen molar-refractivity contribution in [1.29, 1.82) is 0 Å². The molecule has 2 nitrogen and oxygen atoms in total. The fourth-order valence-electron chi connectivity index (χ4n) is 8.41. The molecule has 56 heavy (non-hydrogen) atoms. The van der Waals surface area contributed by atoms with Crippen LogP contribution in [-0.4, -0.2) is 0 Å². The summed E-state index contributed by atoms with van der Waals surface area (Å²) in [5.41, 5.74) is 12.2. The number of nitrogens with zero attached hydrogens (tertiary/aromatic N) is 1. The van der Waals surface area contributed by atoms with E-state index in [4.69, 9.17) is 4.42 Å². The topological polar surface area (TPSA) is 16.4 Å². The van der Waals surface area contributed by atoms with Gasteiger partial charge in [0.25, 0.3) is 0 Å². The highest BCUT2D eigenvalue weighted by atomic mass is 16.3. The van der Waals surface area contributed by atoms with Crippen molar-refractivity contribution in [2.24, 2.45) is 0 Å². The van der Waals surface area contributed by atoms with Gasteiger partial charge in [-0.3, -0.25) is 0 Å². The number of hydrogen-bond donors (Lipinski definition) is 0. The summed E-state index contributed by atoms with van der Waals surface area (Å²) in [4.78, 5) is 2.32. The van der Waals surface area contributed by atoms with E-state index >= 15 is 0 Å². The lowest BCUT2D eigenvalue weighted by atomic mass is 9.94. The molecule has 0 amide bonds. The number of hydrogen-bond acceptors (Lipinski definition) is 2. The summed E-state index contributed by atoms with van der Waals surface area (Å²) in [6.45, 7) is 0. The molecule has 1 heterocycles. The van der Waals surface area contributed by atoms with Crippen molar-refractivity contribution in [3.8, 4) is 33.4 Å². The van der Waals surface area contributed by atoms with Crippen LogP contribution in [-0.2, 0) is 0 Å². The number of furan rings is 1. The van der Waals surface area contributed by atoms with Crippen molar-refractivity contribution in [3.63, 3.8) is 0 Å². The molecule has 0 bridgehead atoms. The molecule has 0 aliphatic rings. The van der Waals surface area contributed by atoms with Crippen LogP contribution in [0.25, 0.3) is 87.6 Å². The van der Waals surface area contributed by atoms with E-state index in [1.807, 2.05) is 12.1 Å². The van der Waals surface area contributed by atoms with E-state index in [2.05, 4.69) is 205 Å². The van der Waals surface area contributed by atoms with Gasteiger partial charge in [0, 0.05) is 33.9 Å². The van der Waals surface area contributed by atoms with Crippen molar-refractivity contribution < 1.29 is 4.42 Å². The maximum atomic E-state index is 6.38. The van der Waals surface area contributed by atoms with Crippen LogP contribution in [0.5, 0.6) is 0 Å². The Morgan fingerprint density at radius 1 is 0.268 bits per heavy atom. The lowest BCUT2D eigenvalue weighted by molar-refractivity contribution is 0.669. The zero-order valence-electron chi connectivity index (χ0n) is 30.6. The third-order valence-electron chi connectivity index (χ3n) is 11.3. The van der Waals surface area contributed by atoms with Crippen LogP contribution in [0.4, 0.5) is 17.1 Å². The smallest absolute Gasteiger partial charge is 0.137 e. The van der Waals surface area contributed by atoms with Crippen LogP contribution in [0.15, 0.2) is 217 Å². The zero-order valence-corrected chi connectivity index (χ0v) is 30.6. The molecule has 0 atom stereocenters. The Kier molecular flexibility index (Phi) is 7.53. The Bertz CT molecular complexity index is 3230. The summed E-state index contributed by atoms with van der Waals surface area (Å²) in [5.74, 6) is 0. The molecule has 1 aromatic heterocycles. The Morgan fingerprint density at radius 2 is 0.768 bits per heavy atom. The van der Waals surface area contributed by atoms with E-state index in [9.17, 15) is 0 Å². The quantitative estimate of drug-likeness (QED) is 0.160. The zero-order chi connectivity index (χ0) is 37.0. The normalized spacial score (nSPS) is 11.6. The third-order valence-corrected chi connectivity index (χ3v) is 11.3. The number of para-hydroxylation sites is 1. The molecule has 0 radical (unpaired) electrons. The Morgan fingerprint density at radius 3 is 1.48 bits per heavy atom. The van der Waals surface area contributed by atoms with E-state index < -0.39 is 0 Å². The molecule has 262 valence electrons. The monoisotopic (exact) mass is 713 g/mol. The van der Waals surface area contributed by atoms with Crippen molar-refractivity contribution in [2.45, 2.75) is 0 Å². The molecule has 0 unspecified atom stereocenters. The summed E-state index contributed by atoms with van der Waals surface area (Å²) >= 11 is 0. The SMILES string of the molecule is c1ccc(-c2ccc3ccc4ccc(-c5ccc(N(c6ccc(-c7cccc8ccccc78)cc6)c6ccc7c(c6)oc6ccccc67)cc5)cc4c3c2)cc1. The third kappa shape index (κ3) is 5.51. The van der Waals surface area contributed by atoms with Crippen LogP contribution in [0.3, 0.4) is 0 Å². The Balaban J connectivity index is 1.00. The van der Waals surface area contributed by atoms with Gasteiger partial charge in [-0.1, -0.05) is 152 Å². The molecule has 11 aromatic rings. The number of benzene rings is 10. The highest BCUT2D eigenvalue weighted by Gasteiger charge is 2.17. The van der Waals surface area contributed by atoms with Gasteiger partial charge in [-0.15, -0.1) is 0 Å². The van der Waals surface area contributed by atoms with Gasteiger partial charge in [-0.05, 0) is 120 Å². The highest BCUT2D eigenvalue weighted by Crippen LogP contribution is 2.41. The van der Waals surface area contributed by atoms with E-state index in [0.717, 1.165) is 39.0 Å². The molecule has 0 fully saturated rings. The van der Waals surface area contributed by atoms with E-state index in [-0.39, 0.29) is 0 Å². The molecule has 0 N–H and O–H groups in total. The fourth-order valence-corrected chi connectivity index (χ4v) is 8.41. The van der Waals surface area contributed by atoms with Gasteiger partial charge in [0.2, 0.25) is 0 Å². The highest BCUT2D eigenvalue weighted by molar-refractivity contribution is 6.10. The average molecular weight is 714 g/mol. The summed E-state index contributed by atoms with van der Waals surface area (Å²) < 4.78 is 6.38. The molecular formula is C54H35NO. The second-order valence-electron chi connectivity index (χ2n) is 14.5. The first-order valence-electron chi connectivity index (χ1n) is 19.2. The summed E-state index contributed by atoms with van der Waals surface area (Å²) in [6, 6.07) is 76.5. The molecule has 10 aromatic carbocycles. The number of anilines is 3. The van der Waals surface area contributed by atoms with Crippen molar-refractivity contribution in [3.05, 3.63) is 212 Å². The van der Waals surface area contributed by atoms with Crippen molar-refractivity contribution >= 4 is 71.3 Å². The summed E-state index contributed by atoms with van der Waals surface area (Å²) in [5, 5.41) is 9.75. The molecule has 0 saturated heterocycles.